The third-order valence-corrected chi connectivity index (χ3v) is 11.1. The van der Waals surface area contributed by atoms with E-state index in [1.807, 2.05) is 91.0 Å². The molecule has 0 saturated carbocycles. The molecule has 0 atom stereocenters. The van der Waals surface area contributed by atoms with Gasteiger partial charge in [0.05, 0.1) is 7.92 Å². The predicted octanol–water partition coefficient (Wildman–Crippen LogP) is 7.97. The maximum Gasteiger partial charge on any atom is 0.175 e. The van der Waals surface area contributed by atoms with Crippen molar-refractivity contribution in [1.82, 2.24) is 18.7 Å². The lowest BCUT2D eigenvalue weighted by Gasteiger charge is -2.12. The van der Waals surface area contributed by atoms with E-state index in [2.05, 4.69) is 59.2 Å². The van der Waals surface area contributed by atoms with Crippen LogP contribution in [0.25, 0.3) is 22.8 Å². The molecule has 0 aliphatic heterocycles. The van der Waals surface area contributed by atoms with Gasteiger partial charge in [-0.05, 0) is 76.9 Å². The quantitative estimate of drug-likeness (QED) is 0.161. The number of aromatic nitrogens is 4. The molecule has 43 heavy (non-hydrogen) atoms. The van der Waals surface area contributed by atoms with E-state index in [1.54, 1.807) is 0 Å². The van der Waals surface area contributed by atoms with Crippen molar-refractivity contribution in [2.45, 2.75) is 0 Å². The summed E-state index contributed by atoms with van der Waals surface area (Å²) >= 11 is 2.87. The number of rotatable bonds is 9. The van der Waals surface area contributed by atoms with Crippen molar-refractivity contribution in [1.29, 1.82) is 0 Å². The molecule has 6 nitrogen and oxygen atoms in total. The molecule has 9 heteroatoms. The van der Waals surface area contributed by atoms with Crippen molar-refractivity contribution in [2.75, 3.05) is 10.6 Å². The van der Waals surface area contributed by atoms with Crippen LogP contribution in [0.3, 0.4) is 0 Å². The number of anilines is 4. The number of nitrogens with one attached hydrogen (secondary N) is 2. The Morgan fingerprint density at radius 3 is 1.30 bits per heavy atom. The summed E-state index contributed by atoms with van der Waals surface area (Å²) in [5.41, 5.74) is 5.86. The lowest BCUT2D eigenvalue weighted by atomic mass is 10.1. The van der Waals surface area contributed by atoms with Gasteiger partial charge in [-0.2, -0.15) is 8.75 Å². The third-order valence-electron chi connectivity index (χ3n) is 6.67. The summed E-state index contributed by atoms with van der Waals surface area (Å²) < 4.78 is 11.5. The van der Waals surface area contributed by atoms with E-state index in [0.717, 1.165) is 48.7 Å². The second-order valence-corrected chi connectivity index (χ2v) is 13.7. The Bertz CT molecular complexity index is 1820. The van der Waals surface area contributed by atoms with Gasteiger partial charge in [0.1, 0.15) is 9.50 Å². The molecule has 5 aromatic carbocycles. The van der Waals surface area contributed by atoms with Crippen LogP contribution in [0.5, 0.6) is 0 Å². The van der Waals surface area contributed by atoms with Gasteiger partial charge in [-0.15, -0.1) is 0 Å². The van der Waals surface area contributed by atoms with E-state index in [1.165, 1.54) is 23.1 Å². The zero-order chi connectivity index (χ0) is 28.8. The Hall–Kier alpha value is -4.75. The molecule has 0 amide bonds. The fourth-order valence-corrected chi connectivity index (χ4v) is 9.20. The summed E-state index contributed by atoms with van der Waals surface area (Å²) in [4.78, 5) is 10.2. The average molecular weight is 613 g/mol. The van der Waals surface area contributed by atoms with E-state index >= 15 is 0 Å². The number of para-hydroxylation sites is 4. The van der Waals surface area contributed by atoms with E-state index in [9.17, 15) is 0 Å². The highest BCUT2D eigenvalue weighted by molar-refractivity contribution is 7.86. The second kappa shape index (κ2) is 12.6. The number of hydrogen-bond acceptors (Lipinski definition) is 8. The molecule has 0 saturated heterocycles. The van der Waals surface area contributed by atoms with E-state index in [4.69, 9.17) is 18.7 Å². The van der Waals surface area contributed by atoms with Crippen molar-refractivity contribution >= 4 is 68.5 Å². The van der Waals surface area contributed by atoms with Crippen LogP contribution in [0.15, 0.2) is 140 Å². The monoisotopic (exact) mass is 612 g/mol. The molecule has 2 heterocycles. The van der Waals surface area contributed by atoms with Gasteiger partial charge < -0.3 is 10.6 Å². The van der Waals surface area contributed by atoms with Crippen LogP contribution in [-0.2, 0) is 0 Å². The maximum absolute atomic E-state index is 5.11. The zero-order valence-electron chi connectivity index (χ0n) is 22.8. The lowest BCUT2D eigenvalue weighted by molar-refractivity contribution is 1.34. The first kappa shape index (κ1) is 27.1. The molecule has 2 aromatic heterocycles. The molecule has 7 aromatic rings. The Morgan fingerprint density at radius 1 is 0.442 bits per heavy atom. The van der Waals surface area contributed by atoms with Gasteiger partial charge in [0.15, 0.2) is 11.6 Å². The summed E-state index contributed by atoms with van der Waals surface area (Å²) in [6.45, 7) is 0. The van der Waals surface area contributed by atoms with Crippen molar-refractivity contribution < 1.29 is 0 Å². The van der Waals surface area contributed by atoms with Crippen LogP contribution >= 0.6 is 31.0 Å². The zero-order valence-corrected chi connectivity index (χ0v) is 25.4. The van der Waals surface area contributed by atoms with Gasteiger partial charge >= 0.3 is 0 Å². The van der Waals surface area contributed by atoms with Gasteiger partial charge in [0.25, 0.3) is 0 Å². The number of benzene rings is 5. The first-order chi connectivity index (χ1) is 21.3. The first-order valence-corrected chi connectivity index (χ1v) is 16.6. The fourth-order valence-electron chi connectivity index (χ4n) is 4.64. The molecule has 208 valence electrons. The van der Waals surface area contributed by atoms with Gasteiger partial charge in [-0.25, -0.2) is 9.97 Å². The minimum absolute atomic E-state index is 0.699. The Kier molecular flexibility index (Phi) is 7.96. The minimum atomic E-state index is -1.05. The SMILES string of the molecule is c1ccc(Nc2ccccc2-c2nsc(P(c3ccccc3)c3nc(-c4ccccc4Nc4ccccc4)ns3)n2)cc1. The molecule has 7 rings (SSSR count). The van der Waals surface area contributed by atoms with Crippen LogP contribution < -0.4 is 25.4 Å². The predicted molar refractivity (Wildman–Crippen MR) is 182 cm³/mol. The number of hydrogen-bond donors (Lipinski definition) is 2. The van der Waals surface area contributed by atoms with Crippen molar-refractivity contribution in [2.24, 2.45) is 0 Å². The van der Waals surface area contributed by atoms with E-state index in [0.29, 0.717) is 11.6 Å². The molecule has 0 unspecified atom stereocenters. The summed E-state index contributed by atoms with van der Waals surface area (Å²) in [5, 5.41) is 8.20. The molecular weight excluding hydrogens is 588 g/mol. The molecule has 0 radical (unpaired) electrons. The highest BCUT2D eigenvalue weighted by atomic mass is 32.1. The van der Waals surface area contributed by atoms with Crippen LogP contribution in [0.1, 0.15) is 0 Å². The van der Waals surface area contributed by atoms with Gasteiger partial charge in [-0.3, -0.25) is 0 Å². The van der Waals surface area contributed by atoms with Gasteiger partial charge in [0.2, 0.25) is 0 Å². The van der Waals surface area contributed by atoms with Gasteiger partial charge in [-0.1, -0.05) is 91.0 Å². The molecule has 0 spiro atoms. The molecule has 0 aliphatic carbocycles. The number of nitrogens with zero attached hydrogens (tertiary/aromatic N) is 4. The molecule has 0 aliphatic rings. The lowest BCUT2D eigenvalue weighted by Crippen LogP contribution is -2.20. The largest absolute Gasteiger partial charge is 0.355 e. The Labute approximate surface area is 259 Å². The summed E-state index contributed by atoms with van der Waals surface area (Å²) in [5.74, 6) is 1.40. The van der Waals surface area contributed by atoms with Crippen LogP contribution in [-0.4, -0.2) is 18.7 Å². The molecular formula is C34H25N6PS2. The standard InChI is InChI=1S/C34H25N6PS2/c1-4-14-24(15-5-1)35-29-22-12-10-20-27(29)31-37-33(42-39-31)41(26-18-8-3-9-19-26)34-38-32(40-43-34)28-21-11-13-23-30(28)36-25-16-6-2-7-17-25/h1-23,35-36H. The van der Waals surface area contributed by atoms with E-state index in [-0.39, 0.29) is 0 Å². The minimum Gasteiger partial charge on any atom is -0.355 e. The summed E-state index contributed by atoms with van der Waals surface area (Å²) in [6, 6.07) is 47.0. The Morgan fingerprint density at radius 2 is 0.837 bits per heavy atom. The highest BCUT2D eigenvalue weighted by Crippen LogP contribution is 2.38. The molecule has 2 N–H and O–H groups in total. The molecule has 0 bridgehead atoms. The van der Waals surface area contributed by atoms with Crippen molar-refractivity contribution in [3.63, 3.8) is 0 Å². The summed E-state index contributed by atoms with van der Waals surface area (Å²) in [7, 11) is -1.05. The van der Waals surface area contributed by atoms with Crippen LogP contribution in [0, 0.1) is 0 Å². The van der Waals surface area contributed by atoms with Gasteiger partial charge in [0, 0.05) is 33.9 Å². The Balaban J connectivity index is 1.24. The van der Waals surface area contributed by atoms with Crippen LogP contribution in [0.2, 0.25) is 0 Å². The highest BCUT2D eigenvalue weighted by Gasteiger charge is 2.26. The molecule has 0 fully saturated rings. The van der Waals surface area contributed by atoms with Crippen molar-refractivity contribution in [3.05, 3.63) is 140 Å². The first-order valence-electron chi connectivity index (χ1n) is 13.7. The third kappa shape index (κ3) is 6.08. The maximum atomic E-state index is 5.11. The fraction of sp³-hybridized carbons (Fsp3) is 0. The smallest absolute Gasteiger partial charge is 0.175 e. The summed E-state index contributed by atoms with van der Waals surface area (Å²) in [6.07, 6.45) is 0. The topological polar surface area (TPSA) is 75.6 Å². The van der Waals surface area contributed by atoms with E-state index < -0.39 is 7.92 Å². The second-order valence-electron chi connectivity index (χ2n) is 9.55. The van der Waals surface area contributed by atoms with Crippen LogP contribution in [0.4, 0.5) is 22.7 Å². The average Bonchev–Trinajstić information content (AvgIpc) is 3.75. The normalized spacial score (nSPS) is 11.0. The van der Waals surface area contributed by atoms with Crippen molar-refractivity contribution in [3.8, 4) is 22.8 Å².